The van der Waals surface area contributed by atoms with Crippen LogP contribution in [0.4, 0.5) is 0 Å². The fraction of sp³-hybridized carbons (Fsp3) is 0.611. The third-order valence-electron chi connectivity index (χ3n) is 3.65. The summed E-state index contributed by atoms with van der Waals surface area (Å²) in [7, 11) is 5.16. The highest BCUT2D eigenvalue weighted by atomic mass is 127. The van der Waals surface area contributed by atoms with Gasteiger partial charge in [-0.05, 0) is 48.9 Å². The molecule has 1 rings (SSSR count). The Balaban J connectivity index is 0.00000529. The maximum Gasteiger partial charge on any atom is 0.190 e. The molecule has 0 unspecified atom stereocenters. The largest absolute Gasteiger partial charge is 0.497 e. The summed E-state index contributed by atoms with van der Waals surface area (Å²) in [5.41, 5.74) is 1.12. The van der Waals surface area contributed by atoms with E-state index in [0.717, 1.165) is 54.9 Å². The molecule has 1 aromatic carbocycles. The summed E-state index contributed by atoms with van der Waals surface area (Å²) in [6, 6.07) is 5.86. The van der Waals surface area contributed by atoms with E-state index in [1.165, 1.54) is 6.42 Å². The molecule has 0 aliphatic rings. The van der Waals surface area contributed by atoms with Crippen molar-refractivity contribution in [1.82, 2.24) is 10.6 Å². The van der Waals surface area contributed by atoms with Crippen molar-refractivity contribution in [3.05, 3.63) is 23.8 Å². The summed E-state index contributed by atoms with van der Waals surface area (Å²) < 4.78 is 10.7. The van der Waals surface area contributed by atoms with Crippen molar-refractivity contribution in [2.75, 3.05) is 34.4 Å². The Labute approximate surface area is 163 Å². The smallest absolute Gasteiger partial charge is 0.190 e. The van der Waals surface area contributed by atoms with Gasteiger partial charge in [0.1, 0.15) is 11.5 Å². The van der Waals surface area contributed by atoms with Gasteiger partial charge in [0.05, 0.1) is 14.2 Å². The topological polar surface area (TPSA) is 54.9 Å². The molecular weight excluding hydrogens is 417 g/mol. The normalized spacial score (nSPS) is 11.0. The van der Waals surface area contributed by atoms with Crippen molar-refractivity contribution in [1.29, 1.82) is 0 Å². The maximum absolute atomic E-state index is 5.40. The number of guanidine groups is 1. The lowest BCUT2D eigenvalue weighted by Gasteiger charge is -2.14. The highest BCUT2D eigenvalue weighted by Crippen LogP contribution is 2.24. The molecule has 0 saturated carbocycles. The number of ether oxygens (including phenoxy) is 2. The van der Waals surface area contributed by atoms with E-state index >= 15 is 0 Å². The minimum Gasteiger partial charge on any atom is -0.497 e. The molecule has 24 heavy (non-hydrogen) atoms. The van der Waals surface area contributed by atoms with Crippen molar-refractivity contribution in [2.45, 2.75) is 33.1 Å². The zero-order valence-corrected chi connectivity index (χ0v) is 17.8. The Hall–Kier alpha value is -1.18. The first-order chi connectivity index (χ1) is 11.1. The lowest BCUT2D eigenvalue weighted by Crippen LogP contribution is -2.38. The third-order valence-corrected chi connectivity index (χ3v) is 3.65. The molecular formula is C18H32IN3O2. The fourth-order valence-corrected chi connectivity index (χ4v) is 2.33. The van der Waals surface area contributed by atoms with Gasteiger partial charge in [0.2, 0.25) is 0 Å². The van der Waals surface area contributed by atoms with Gasteiger partial charge in [0.25, 0.3) is 0 Å². The first kappa shape index (κ1) is 22.8. The molecule has 5 nitrogen and oxygen atoms in total. The van der Waals surface area contributed by atoms with Crippen LogP contribution in [0.3, 0.4) is 0 Å². The number of methoxy groups -OCH3 is 2. The standard InChI is InChI=1S/C18H31N3O2.HI/c1-14(2)7-6-11-20-18(19-3)21-12-10-15-13-16(22-4)8-9-17(15)23-5;/h8-9,13-14H,6-7,10-12H2,1-5H3,(H2,19,20,21);1H. The second-order valence-electron chi connectivity index (χ2n) is 5.89. The quantitative estimate of drug-likeness (QED) is 0.263. The lowest BCUT2D eigenvalue weighted by atomic mass is 10.1. The van der Waals surface area contributed by atoms with E-state index in [2.05, 4.69) is 29.5 Å². The van der Waals surface area contributed by atoms with Crippen molar-refractivity contribution < 1.29 is 9.47 Å². The fourth-order valence-electron chi connectivity index (χ4n) is 2.33. The van der Waals surface area contributed by atoms with E-state index in [1.54, 1.807) is 21.3 Å². The SMILES string of the molecule is CN=C(NCCCC(C)C)NCCc1cc(OC)ccc1OC.I. The van der Waals surface area contributed by atoms with Crippen LogP contribution in [0.1, 0.15) is 32.3 Å². The van der Waals surface area contributed by atoms with Crippen molar-refractivity contribution in [3.8, 4) is 11.5 Å². The van der Waals surface area contributed by atoms with Crippen molar-refractivity contribution >= 4 is 29.9 Å². The van der Waals surface area contributed by atoms with E-state index in [1.807, 2.05) is 18.2 Å². The molecule has 6 heteroatoms. The van der Waals surface area contributed by atoms with Crippen LogP contribution in [-0.4, -0.2) is 40.3 Å². The average molecular weight is 449 g/mol. The number of halogens is 1. The highest BCUT2D eigenvalue weighted by molar-refractivity contribution is 14.0. The van der Waals surface area contributed by atoms with Gasteiger partial charge in [-0.1, -0.05) is 13.8 Å². The number of nitrogens with one attached hydrogen (secondary N) is 2. The minimum atomic E-state index is 0. The zero-order chi connectivity index (χ0) is 17.1. The van der Waals surface area contributed by atoms with Crippen LogP contribution < -0.4 is 20.1 Å². The molecule has 0 aromatic heterocycles. The minimum absolute atomic E-state index is 0. The Kier molecular flexibility index (Phi) is 12.5. The number of rotatable bonds is 9. The van der Waals surface area contributed by atoms with E-state index in [-0.39, 0.29) is 24.0 Å². The first-order valence-electron chi connectivity index (χ1n) is 8.26. The molecule has 0 heterocycles. The van der Waals surface area contributed by atoms with Gasteiger partial charge < -0.3 is 20.1 Å². The van der Waals surface area contributed by atoms with Crippen LogP contribution in [0.15, 0.2) is 23.2 Å². The lowest BCUT2D eigenvalue weighted by molar-refractivity contribution is 0.398. The van der Waals surface area contributed by atoms with Gasteiger partial charge in [-0.2, -0.15) is 0 Å². The zero-order valence-electron chi connectivity index (χ0n) is 15.5. The Morgan fingerprint density at radius 1 is 1.12 bits per heavy atom. The van der Waals surface area contributed by atoms with Crippen LogP contribution in [0, 0.1) is 5.92 Å². The third kappa shape index (κ3) is 8.61. The van der Waals surface area contributed by atoms with Crippen molar-refractivity contribution in [3.63, 3.8) is 0 Å². The molecule has 0 saturated heterocycles. The van der Waals surface area contributed by atoms with E-state index in [0.29, 0.717) is 0 Å². The Bertz CT molecular complexity index is 493. The predicted octanol–water partition coefficient (Wildman–Crippen LogP) is 3.47. The Morgan fingerprint density at radius 2 is 1.83 bits per heavy atom. The summed E-state index contributed by atoms with van der Waals surface area (Å²) in [6.07, 6.45) is 3.22. The van der Waals surface area contributed by atoms with Crippen LogP contribution in [-0.2, 0) is 6.42 Å². The molecule has 0 radical (unpaired) electrons. The van der Waals surface area contributed by atoms with E-state index in [9.17, 15) is 0 Å². The number of nitrogens with zero attached hydrogens (tertiary/aromatic N) is 1. The molecule has 0 amide bonds. The van der Waals surface area contributed by atoms with Crippen molar-refractivity contribution in [2.24, 2.45) is 10.9 Å². The summed E-state index contributed by atoms with van der Waals surface area (Å²) in [5.74, 6) is 3.31. The van der Waals surface area contributed by atoms with Gasteiger partial charge in [-0.15, -0.1) is 24.0 Å². The highest BCUT2D eigenvalue weighted by Gasteiger charge is 2.05. The monoisotopic (exact) mass is 449 g/mol. The summed E-state index contributed by atoms with van der Waals surface area (Å²) in [6.45, 7) is 6.22. The first-order valence-corrected chi connectivity index (χ1v) is 8.26. The molecule has 2 N–H and O–H groups in total. The molecule has 0 aliphatic heterocycles. The van der Waals surface area contributed by atoms with Gasteiger partial charge >= 0.3 is 0 Å². The number of hydrogen-bond donors (Lipinski definition) is 2. The van der Waals surface area contributed by atoms with E-state index < -0.39 is 0 Å². The van der Waals surface area contributed by atoms with Gasteiger partial charge in [0.15, 0.2) is 5.96 Å². The molecule has 0 spiro atoms. The molecule has 0 bridgehead atoms. The maximum atomic E-state index is 5.40. The molecule has 0 aliphatic carbocycles. The second kappa shape index (κ2) is 13.1. The molecule has 0 fully saturated rings. The number of benzene rings is 1. The van der Waals surface area contributed by atoms with Gasteiger partial charge in [0, 0.05) is 20.1 Å². The number of hydrogen-bond acceptors (Lipinski definition) is 3. The molecule has 1 aromatic rings. The van der Waals surface area contributed by atoms with Gasteiger partial charge in [-0.3, -0.25) is 4.99 Å². The summed E-state index contributed by atoms with van der Waals surface area (Å²) >= 11 is 0. The van der Waals surface area contributed by atoms with Gasteiger partial charge in [-0.25, -0.2) is 0 Å². The molecule has 138 valence electrons. The Morgan fingerprint density at radius 3 is 2.42 bits per heavy atom. The van der Waals surface area contributed by atoms with Crippen LogP contribution in [0.25, 0.3) is 0 Å². The number of aliphatic imine (C=N–C) groups is 1. The molecule has 0 atom stereocenters. The predicted molar refractivity (Wildman–Crippen MR) is 112 cm³/mol. The van der Waals surface area contributed by atoms with E-state index in [4.69, 9.17) is 9.47 Å². The summed E-state index contributed by atoms with van der Waals surface area (Å²) in [4.78, 5) is 4.25. The summed E-state index contributed by atoms with van der Waals surface area (Å²) in [5, 5.41) is 6.68. The van der Waals surface area contributed by atoms with Crippen LogP contribution in [0.5, 0.6) is 11.5 Å². The van der Waals surface area contributed by atoms with Crippen LogP contribution in [0.2, 0.25) is 0 Å². The second-order valence-corrected chi connectivity index (χ2v) is 5.89. The van der Waals surface area contributed by atoms with Crippen LogP contribution >= 0.6 is 24.0 Å². The average Bonchev–Trinajstić information content (AvgIpc) is 2.56.